The highest BCUT2D eigenvalue weighted by Crippen LogP contribution is 2.39. The maximum atomic E-state index is 5.98. The summed E-state index contributed by atoms with van der Waals surface area (Å²) in [4.78, 5) is 0. The van der Waals surface area contributed by atoms with E-state index in [-0.39, 0.29) is 11.2 Å². The minimum Gasteiger partial charge on any atom is -0.497 e. The summed E-state index contributed by atoms with van der Waals surface area (Å²) in [5.41, 5.74) is 0.852. The number of hydrogen-bond acceptors (Lipinski definition) is 3. The topological polar surface area (TPSA) is 27.7 Å². The van der Waals surface area contributed by atoms with Gasteiger partial charge in [-0.3, -0.25) is 0 Å². The molecule has 1 fully saturated rings. The molecule has 0 aromatic heterocycles. The van der Waals surface area contributed by atoms with Gasteiger partial charge >= 0.3 is 7.12 Å². The van der Waals surface area contributed by atoms with Crippen LogP contribution in [0.15, 0.2) is 36.0 Å². The van der Waals surface area contributed by atoms with E-state index in [4.69, 9.17) is 14.0 Å². The zero-order valence-corrected chi connectivity index (χ0v) is 18.3. The molecule has 1 heterocycles. The summed E-state index contributed by atoms with van der Waals surface area (Å²) >= 11 is 0. The first-order chi connectivity index (χ1) is 11.2. The molecule has 0 unspecified atom stereocenters. The van der Waals surface area contributed by atoms with Crippen molar-refractivity contribution in [3.63, 3.8) is 0 Å². The van der Waals surface area contributed by atoms with Crippen molar-refractivity contribution < 1.29 is 14.0 Å². The van der Waals surface area contributed by atoms with Crippen LogP contribution in [0.25, 0.3) is 0 Å². The fourth-order valence-electron chi connectivity index (χ4n) is 1.80. The van der Waals surface area contributed by atoms with E-state index in [9.17, 15) is 0 Å². The molecule has 0 saturated carbocycles. The zero-order chi connectivity index (χ0) is 20.1. The zero-order valence-electron chi connectivity index (χ0n) is 18.3. The summed E-state index contributed by atoms with van der Waals surface area (Å²) in [6.45, 7) is 29.7. The molecular weight excluding hydrogens is 299 g/mol. The molecule has 0 radical (unpaired) electrons. The van der Waals surface area contributed by atoms with Crippen molar-refractivity contribution in [3.05, 3.63) is 36.0 Å². The van der Waals surface area contributed by atoms with Crippen molar-refractivity contribution in [1.29, 1.82) is 0 Å². The van der Waals surface area contributed by atoms with Gasteiger partial charge < -0.3 is 14.0 Å². The number of rotatable bonds is 4. The fourth-order valence-corrected chi connectivity index (χ4v) is 1.80. The lowest BCUT2D eigenvalue weighted by Gasteiger charge is -2.32. The average molecular weight is 340 g/mol. The van der Waals surface area contributed by atoms with Crippen molar-refractivity contribution in [2.24, 2.45) is 0 Å². The van der Waals surface area contributed by atoms with Crippen LogP contribution in [-0.2, 0) is 14.0 Å². The van der Waals surface area contributed by atoms with Crippen molar-refractivity contribution in [2.45, 2.75) is 87.4 Å². The van der Waals surface area contributed by atoms with E-state index in [1.165, 1.54) is 0 Å². The lowest BCUT2D eigenvalue weighted by Crippen LogP contribution is -2.41. The average Bonchev–Trinajstić information content (AvgIpc) is 2.78. The predicted molar refractivity (Wildman–Crippen MR) is 109 cm³/mol. The van der Waals surface area contributed by atoms with Crippen LogP contribution in [-0.4, -0.2) is 25.4 Å². The highest BCUT2D eigenvalue weighted by Gasteiger charge is 2.52. The summed E-state index contributed by atoms with van der Waals surface area (Å²) in [6.07, 6.45) is 1.70. The van der Waals surface area contributed by atoms with Crippen LogP contribution in [0.1, 0.15) is 76.2 Å². The van der Waals surface area contributed by atoms with Gasteiger partial charge in [-0.1, -0.05) is 60.8 Å². The van der Waals surface area contributed by atoms with Gasteiger partial charge in [0.15, 0.2) is 0 Å². The highest BCUT2D eigenvalue weighted by molar-refractivity contribution is 6.55. The summed E-state index contributed by atoms with van der Waals surface area (Å²) < 4.78 is 17.3. The van der Waals surface area contributed by atoms with E-state index in [0.717, 1.165) is 11.0 Å². The largest absolute Gasteiger partial charge is 0.498 e. The van der Waals surface area contributed by atoms with Crippen LogP contribution in [0.4, 0.5) is 0 Å². The van der Waals surface area contributed by atoms with E-state index in [1.54, 1.807) is 13.2 Å². The molecular formula is C20H41BO3. The molecule has 3 nitrogen and oxygen atoms in total. The predicted octanol–water partition coefficient (Wildman–Crippen LogP) is 6.36. The SMILES string of the molecule is C=C/C(B1OC(C)(C)C(C)(C)O1)=C(/OC)C(=C)C.CC.CC.CC. The third-order valence-corrected chi connectivity index (χ3v) is 3.58. The summed E-state index contributed by atoms with van der Waals surface area (Å²) in [5.74, 6) is 0.670. The smallest absolute Gasteiger partial charge is 0.497 e. The summed E-state index contributed by atoms with van der Waals surface area (Å²) in [7, 11) is 1.14. The van der Waals surface area contributed by atoms with Gasteiger partial charge in [-0.05, 0) is 40.2 Å². The lowest BCUT2D eigenvalue weighted by atomic mass is 9.76. The van der Waals surface area contributed by atoms with Crippen molar-refractivity contribution in [1.82, 2.24) is 0 Å². The maximum absolute atomic E-state index is 5.98. The summed E-state index contributed by atoms with van der Waals surface area (Å²) in [6, 6.07) is 0. The number of ether oxygens (including phenoxy) is 1. The van der Waals surface area contributed by atoms with E-state index in [2.05, 4.69) is 13.2 Å². The first-order valence-corrected chi connectivity index (χ1v) is 9.08. The Balaban J connectivity index is -0.000000659. The number of allylic oxidation sites excluding steroid dienone is 3. The maximum Gasteiger partial charge on any atom is 0.498 e. The molecule has 0 aromatic carbocycles. The monoisotopic (exact) mass is 340 g/mol. The standard InChI is InChI=1S/C14H23BO3.3C2H6/c1-9-11(12(16-8)10(2)3)15-17-13(4,5)14(6,7)18-15;3*1-2/h9H,1-2H2,3-8H3;3*1-2H3/b12-11-;;;. The van der Waals surface area contributed by atoms with Crippen LogP contribution in [0.5, 0.6) is 0 Å². The molecule has 1 aliphatic rings. The van der Waals surface area contributed by atoms with Crippen LogP contribution in [0.2, 0.25) is 0 Å². The van der Waals surface area contributed by atoms with Gasteiger partial charge in [-0.15, -0.1) is 0 Å². The van der Waals surface area contributed by atoms with Gasteiger partial charge in [0, 0.05) is 5.47 Å². The fraction of sp³-hybridized carbons (Fsp3) is 0.700. The van der Waals surface area contributed by atoms with Crippen LogP contribution in [0, 0.1) is 0 Å². The second-order valence-electron chi connectivity index (χ2n) is 5.56. The molecule has 0 aromatic rings. The van der Waals surface area contributed by atoms with Gasteiger partial charge in [0.05, 0.1) is 18.3 Å². The Morgan fingerprint density at radius 1 is 0.917 bits per heavy atom. The molecule has 24 heavy (non-hydrogen) atoms. The van der Waals surface area contributed by atoms with E-state index in [0.29, 0.717) is 5.76 Å². The lowest BCUT2D eigenvalue weighted by molar-refractivity contribution is 0.00578. The molecule has 4 heteroatoms. The van der Waals surface area contributed by atoms with Crippen molar-refractivity contribution in [3.8, 4) is 0 Å². The minimum absolute atomic E-state index is 0.375. The van der Waals surface area contributed by atoms with Gasteiger partial charge in [0.2, 0.25) is 0 Å². The Morgan fingerprint density at radius 2 is 1.25 bits per heavy atom. The first-order valence-electron chi connectivity index (χ1n) is 9.08. The Hall–Kier alpha value is -0.995. The van der Waals surface area contributed by atoms with Gasteiger partial charge in [0.25, 0.3) is 0 Å². The Kier molecular flexibility index (Phi) is 15.4. The molecule has 0 spiro atoms. The van der Waals surface area contributed by atoms with Gasteiger partial charge in [-0.25, -0.2) is 0 Å². The van der Waals surface area contributed by atoms with E-state index < -0.39 is 7.12 Å². The molecule has 1 rings (SSSR count). The Labute approximate surface area is 152 Å². The van der Waals surface area contributed by atoms with Crippen LogP contribution in [0.3, 0.4) is 0 Å². The van der Waals surface area contributed by atoms with Gasteiger partial charge in [-0.2, -0.15) is 0 Å². The number of hydrogen-bond donors (Lipinski definition) is 0. The van der Waals surface area contributed by atoms with E-state index >= 15 is 0 Å². The normalized spacial score (nSPS) is 17.6. The molecule has 0 N–H and O–H groups in total. The molecule has 0 atom stereocenters. The first kappa shape index (κ1) is 27.8. The molecule has 1 aliphatic heterocycles. The van der Waals surface area contributed by atoms with Gasteiger partial charge in [0.1, 0.15) is 5.76 Å². The second-order valence-corrected chi connectivity index (χ2v) is 5.56. The Morgan fingerprint density at radius 3 is 1.46 bits per heavy atom. The van der Waals surface area contributed by atoms with Crippen LogP contribution >= 0.6 is 0 Å². The quantitative estimate of drug-likeness (QED) is 0.338. The van der Waals surface area contributed by atoms with Crippen molar-refractivity contribution in [2.75, 3.05) is 7.11 Å². The third kappa shape index (κ3) is 7.27. The minimum atomic E-state index is -0.473. The molecule has 0 amide bonds. The molecule has 0 bridgehead atoms. The third-order valence-electron chi connectivity index (χ3n) is 3.58. The van der Waals surface area contributed by atoms with Crippen molar-refractivity contribution >= 4 is 7.12 Å². The molecule has 1 saturated heterocycles. The van der Waals surface area contributed by atoms with E-state index in [1.807, 2.05) is 76.2 Å². The molecule has 142 valence electrons. The summed E-state index contributed by atoms with van der Waals surface area (Å²) in [5, 5.41) is 0. The van der Waals surface area contributed by atoms with Crippen LogP contribution < -0.4 is 0 Å². The highest BCUT2D eigenvalue weighted by atomic mass is 16.7. The number of methoxy groups -OCH3 is 1. The Bertz CT molecular complexity index is 380. The molecule has 0 aliphatic carbocycles. The second kappa shape index (κ2) is 13.3.